The van der Waals surface area contributed by atoms with E-state index in [4.69, 9.17) is 18.6 Å². The van der Waals surface area contributed by atoms with Gasteiger partial charge in [-0.1, -0.05) is 12.1 Å². The summed E-state index contributed by atoms with van der Waals surface area (Å²) < 4.78 is 21.8. The van der Waals surface area contributed by atoms with Crippen molar-refractivity contribution in [1.29, 1.82) is 0 Å². The zero-order chi connectivity index (χ0) is 18.8. The van der Waals surface area contributed by atoms with Crippen LogP contribution in [0.1, 0.15) is 5.56 Å². The van der Waals surface area contributed by atoms with E-state index in [0.717, 1.165) is 40.1 Å². The monoisotopic (exact) mass is 367 g/mol. The van der Waals surface area contributed by atoms with Crippen LogP contribution in [0.15, 0.2) is 51.7 Å². The molecular weight excluding hydrogens is 346 g/mol. The van der Waals surface area contributed by atoms with Crippen LogP contribution in [-0.2, 0) is 11.3 Å². The first kappa shape index (κ1) is 17.6. The molecule has 0 bridgehead atoms. The van der Waals surface area contributed by atoms with Gasteiger partial charge in [0.05, 0.1) is 19.3 Å². The molecule has 1 aromatic heterocycles. The lowest BCUT2D eigenvalue weighted by atomic mass is 9.99. The minimum Gasteiger partial charge on any atom is -0.497 e. The topological polar surface area (TPSA) is 61.1 Å². The number of methoxy groups -OCH3 is 2. The number of benzene rings is 2. The number of hydrogen-bond donors (Lipinski definition) is 0. The summed E-state index contributed by atoms with van der Waals surface area (Å²) in [7, 11) is 3.30. The second-order valence-electron chi connectivity index (χ2n) is 6.45. The molecule has 0 fully saturated rings. The molecule has 27 heavy (non-hydrogen) atoms. The molecule has 4 rings (SSSR count). The van der Waals surface area contributed by atoms with E-state index in [1.807, 2.05) is 36.4 Å². The summed E-state index contributed by atoms with van der Waals surface area (Å²) in [5.74, 6) is 1.52. The lowest BCUT2D eigenvalue weighted by molar-refractivity contribution is 0.0658. The summed E-state index contributed by atoms with van der Waals surface area (Å²) >= 11 is 0. The third-order valence-corrected chi connectivity index (χ3v) is 4.77. The number of nitrogens with zero attached hydrogens (tertiary/aromatic N) is 1. The van der Waals surface area contributed by atoms with Crippen molar-refractivity contribution in [2.24, 2.45) is 0 Å². The minimum atomic E-state index is -0.379. The molecule has 0 amide bonds. The smallest absolute Gasteiger partial charge is 0.336 e. The predicted molar refractivity (Wildman–Crippen MR) is 102 cm³/mol. The number of rotatable bonds is 5. The van der Waals surface area contributed by atoms with Gasteiger partial charge in [0.2, 0.25) is 0 Å². The molecular formula is C21H21NO5. The van der Waals surface area contributed by atoms with Crippen molar-refractivity contribution in [3.8, 4) is 22.6 Å². The van der Waals surface area contributed by atoms with Gasteiger partial charge in [-0.2, -0.15) is 0 Å². The van der Waals surface area contributed by atoms with Crippen LogP contribution in [0.25, 0.3) is 22.1 Å². The maximum atomic E-state index is 12.3. The van der Waals surface area contributed by atoms with E-state index in [2.05, 4.69) is 4.90 Å². The Balaban J connectivity index is 1.82. The molecule has 140 valence electrons. The number of ether oxygens (including phenoxy) is 3. The molecule has 1 aliphatic heterocycles. The summed E-state index contributed by atoms with van der Waals surface area (Å²) in [6.45, 7) is 2.49. The maximum Gasteiger partial charge on any atom is 0.336 e. The molecule has 6 nitrogen and oxygen atoms in total. The number of fused-ring (bicyclic) bond motifs is 3. The van der Waals surface area contributed by atoms with E-state index in [-0.39, 0.29) is 5.63 Å². The summed E-state index contributed by atoms with van der Waals surface area (Å²) in [5, 5.41) is 0.885. The lowest BCUT2D eigenvalue weighted by Gasteiger charge is -2.29. The van der Waals surface area contributed by atoms with Gasteiger partial charge in [0, 0.05) is 31.7 Å². The molecule has 0 aliphatic carbocycles. The molecule has 1 aliphatic rings. The molecule has 0 atom stereocenters. The van der Waals surface area contributed by atoms with Gasteiger partial charge < -0.3 is 18.6 Å². The van der Waals surface area contributed by atoms with Gasteiger partial charge in [-0.15, -0.1) is 0 Å². The molecule has 2 heterocycles. The van der Waals surface area contributed by atoms with E-state index >= 15 is 0 Å². The SMILES string of the molecule is COCCN1COc2ccc3c(-c4ccc(OC)cc4)cc(=O)oc3c2C1. The van der Waals surface area contributed by atoms with E-state index in [9.17, 15) is 4.79 Å². The van der Waals surface area contributed by atoms with Gasteiger partial charge in [0.15, 0.2) is 0 Å². The van der Waals surface area contributed by atoms with Crippen LogP contribution < -0.4 is 15.1 Å². The predicted octanol–water partition coefficient (Wildman–Crippen LogP) is 3.27. The van der Waals surface area contributed by atoms with Crippen LogP contribution in [0.3, 0.4) is 0 Å². The summed E-state index contributed by atoms with van der Waals surface area (Å²) in [4.78, 5) is 14.4. The first-order valence-electron chi connectivity index (χ1n) is 8.78. The van der Waals surface area contributed by atoms with Crippen LogP contribution in [0, 0.1) is 0 Å². The van der Waals surface area contributed by atoms with Crippen molar-refractivity contribution < 1.29 is 18.6 Å². The molecule has 3 aromatic rings. The Bertz CT molecular complexity index is 1010. The second-order valence-corrected chi connectivity index (χ2v) is 6.45. The fraction of sp³-hybridized carbons (Fsp3) is 0.286. The quantitative estimate of drug-likeness (QED) is 0.645. The highest BCUT2D eigenvalue weighted by Gasteiger charge is 2.22. The van der Waals surface area contributed by atoms with Gasteiger partial charge in [0.25, 0.3) is 0 Å². The van der Waals surface area contributed by atoms with E-state index < -0.39 is 0 Å². The Morgan fingerprint density at radius 3 is 2.67 bits per heavy atom. The first-order chi connectivity index (χ1) is 13.2. The Kier molecular flexibility index (Phi) is 4.83. The average Bonchev–Trinajstić information content (AvgIpc) is 2.71. The fourth-order valence-corrected chi connectivity index (χ4v) is 3.35. The lowest BCUT2D eigenvalue weighted by Crippen LogP contribution is -2.34. The third kappa shape index (κ3) is 3.41. The van der Waals surface area contributed by atoms with Gasteiger partial charge in [-0.3, -0.25) is 4.90 Å². The normalized spacial score (nSPS) is 14.0. The summed E-state index contributed by atoms with van der Waals surface area (Å²) in [5.41, 5.74) is 2.85. The highest BCUT2D eigenvalue weighted by molar-refractivity contribution is 5.95. The molecule has 0 unspecified atom stereocenters. The zero-order valence-electron chi connectivity index (χ0n) is 15.4. The molecule has 6 heteroatoms. The average molecular weight is 367 g/mol. The van der Waals surface area contributed by atoms with Crippen LogP contribution in [0.4, 0.5) is 0 Å². The molecule has 0 N–H and O–H groups in total. The zero-order valence-corrected chi connectivity index (χ0v) is 15.4. The molecule has 0 spiro atoms. The maximum absolute atomic E-state index is 12.3. The third-order valence-electron chi connectivity index (χ3n) is 4.77. The van der Waals surface area contributed by atoms with Gasteiger partial charge in [-0.25, -0.2) is 4.79 Å². The molecule has 2 aromatic carbocycles. The molecule has 0 saturated heterocycles. The van der Waals surface area contributed by atoms with Crippen molar-refractivity contribution in [1.82, 2.24) is 4.90 Å². The van der Waals surface area contributed by atoms with E-state index in [1.165, 1.54) is 6.07 Å². The van der Waals surface area contributed by atoms with Crippen molar-refractivity contribution in [3.05, 3.63) is 58.4 Å². The Labute approximate surface area is 156 Å². The van der Waals surface area contributed by atoms with Crippen LogP contribution in [0.5, 0.6) is 11.5 Å². The van der Waals surface area contributed by atoms with E-state index in [0.29, 0.717) is 25.5 Å². The second kappa shape index (κ2) is 7.42. The van der Waals surface area contributed by atoms with Crippen LogP contribution >= 0.6 is 0 Å². The van der Waals surface area contributed by atoms with Crippen molar-refractivity contribution in [2.75, 3.05) is 34.1 Å². The van der Waals surface area contributed by atoms with Gasteiger partial charge in [-0.05, 0) is 35.4 Å². The van der Waals surface area contributed by atoms with E-state index in [1.54, 1.807) is 14.2 Å². The summed E-state index contributed by atoms with van der Waals surface area (Å²) in [6, 6.07) is 13.1. The Morgan fingerprint density at radius 2 is 1.93 bits per heavy atom. The van der Waals surface area contributed by atoms with Crippen LogP contribution in [-0.4, -0.2) is 39.0 Å². The highest BCUT2D eigenvalue weighted by Crippen LogP contribution is 2.36. The first-order valence-corrected chi connectivity index (χ1v) is 8.78. The highest BCUT2D eigenvalue weighted by atomic mass is 16.5. The van der Waals surface area contributed by atoms with Gasteiger partial charge in [0.1, 0.15) is 23.8 Å². The minimum absolute atomic E-state index is 0.379. The van der Waals surface area contributed by atoms with Crippen molar-refractivity contribution in [2.45, 2.75) is 6.54 Å². The van der Waals surface area contributed by atoms with Crippen molar-refractivity contribution in [3.63, 3.8) is 0 Å². The van der Waals surface area contributed by atoms with Gasteiger partial charge >= 0.3 is 5.63 Å². The fourth-order valence-electron chi connectivity index (χ4n) is 3.35. The Morgan fingerprint density at radius 1 is 1.11 bits per heavy atom. The molecule has 0 saturated carbocycles. The summed E-state index contributed by atoms with van der Waals surface area (Å²) in [6.07, 6.45) is 0. The molecule has 0 radical (unpaired) electrons. The van der Waals surface area contributed by atoms with Crippen molar-refractivity contribution >= 4 is 11.0 Å². The largest absolute Gasteiger partial charge is 0.497 e. The Hall–Kier alpha value is -2.83. The number of hydrogen-bond acceptors (Lipinski definition) is 6. The standard InChI is InChI=1S/C21H21NO5/c1-24-10-9-22-12-18-19(26-13-22)8-7-16-17(11-20(23)27-21(16)18)14-3-5-15(25-2)6-4-14/h3-8,11H,9-10,12-13H2,1-2H3. The van der Waals surface area contributed by atoms with Crippen LogP contribution in [0.2, 0.25) is 0 Å².